The smallest absolute Gasteiger partial charge is 0.254 e. The summed E-state index contributed by atoms with van der Waals surface area (Å²) in [6, 6.07) is 12.0. The summed E-state index contributed by atoms with van der Waals surface area (Å²) in [5.74, 6) is -0.698. The largest absolute Gasteiger partial charge is 0.387 e. The van der Waals surface area contributed by atoms with Gasteiger partial charge in [-0.25, -0.2) is 0 Å². The van der Waals surface area contributed by atoms with Crippen LogP contribution in [0.3, 0.4) is 0 Å². The Morgan fingerprint density at radius 1 is 1.21 bits per heavy atom. The maximum atomic E-state index is 12.8. The van der Waals surface area contributed by atoms with E-state index >= 15 is 0 Å². The van der Waals surface area contributed by atoms with Crippen molar-refractivity contribution in [3.8, 4) is 11.1 Å². The first kappa shape index (κ1) is 17.7. The highest BCUT2D eigenvalue weighted by Gasteiger charge is 2.29. The molecule has 2 amide bonds. The molecule has 2 aromatic carbocycles. The molecule has 6 nitrogen and oxygen atoms in total. The zero-order chi connectivity index (χ0) is 19.8. The molecule has 0 atom stereocenters. The number of amides is 2. The summed E-state index contributed by atoms with van der Waals surface area (Å²) in [5.41, 5.74) is 10.1. The molecule has 0 radical (unpaired) electrons. The van der Waals surface area contributed by atoms with E-state index in [1.165, 1.54) is 0 Å². The minimum absolute atomic E-state index is 0.108. The zero-order valence-electron chi connectivity index (χ0n) is 15.5. The first-order valence-corrected chi connectivity index (χ1v) is 8.93. The van der Waals surface area contributed by atoms with Crippen LogP contribution < -0.4 is 11.1 Å². The molecule has 2 heterocycles. The van der Waals surface area contributed by atoms with Crippen LogP contribution in [0, 0.1) is 0 Å². The van der Waals surface area contributed by atoms with Gasteiger partial charge in [-0.05, 0) is 40.1 Å². The Bertz CT molecular complexity index is 1140. The van der Waals surface area contributed by atoms with Gasteiger partial charge in [0.2, 0.25) is 5.91 Å². The van der Waals surface area contributed by atoms with E-state index in [1.807, 2.05) is 37.5 Å². The molecule has 0 fully saturated rings. The molecule has 0 saturated carbocycles. The maximum absolute atomic E-state index is 12.8. The summed E-state index contributed by atoms with van der Waals surface area (Å²) >= 11 is 0. The molecule has 1 aliphatic heterocycles. The van der Waals surface area contributed by atoms with E-state index in [0.29, 0.717) is 12.1 Å². The fraction of sp³-hybridized carbons (Fsp3) is 0.136. The number of aromatic nitrogens is 1. The van der Waals surface area contributed by atoms with Crippen LogP contribution in [-0.4, -0.2) is 35.3 Å². The minimum Gasteiger partial charge on any atom is -0.387 e. The quantitative estimate of drug-likeness (QED) is 0.674. The average molecular weight is 372 g/mol. The van der Waals surface area contributed by atoms with E-state index in [1.54, 1.807) is 11.1 Å². The van der Waals surface area contributed by atoms with Crippen LogP contribution in [0.4, 0.5) is 5.69 Å². The van der Waals surface area contributed by atoms with Gasteiger partial charge in [-0.1, -0.05) is 24.8 Å². The van der Waals surface area contributed by atoms with E-state index in [0.717, 1.165) is 33.2 Å². The van der Waals surface area contributed by atoms with Gasteiger partial charge in [0.1, 0.15) is 0 Å². The first-order valence-electron chi connectivity index (χ1n) is 8.93. The van der Waals surface area contributed by atoms with Gasteiger partial charge in [0, 0.05) is 42.7 Å². The SMILES string of the molecule is C=C(CN1Cc2c(ccc3ccc(-c4cncc(NC)c4)cc23)C1=O)C(N)=O. The molecular weight excluding hydrogens is 352 g/mol. The number of nitrogens with zero attached hydrogens (tertiary/aromatic N) is 2. The summed E-state index contributed by atoms with van der Waals surface area (Å²) in [7, 11) is 1.86. The van der Waals surface area contributed by atoms with Crippen LogP contribution in [0.2, 0.25) is 0 Å². The fourth-order valence-electron chi connectivity index (χ4n) is 3.54. The lowest BCUT2D eigenvalue weighted by Crippen LogP contribution is -2.30. The highest BCUT2D eigenvalue weighted by Crippen LogP contribution is 2.33. The number of rotatable bonds is 5. The number of hydrogen-bond acceptors (Lipinski definition) is 4. The van der Waals surface area contributed by atoms with Gasteiger partial charge >= 0.3 is 0 Å². The third-order valence-corrected chi connectivity index (χ3v) is 5.09. The van der Waals surface area contributed by atoms with Gasteiger partial charge in [0.15, 0.2) is 0 Å². The molecule has 0 aliphatic carbocycles. The Labute approximate surface area is 162 Å². The second kappa shape index (κ2) is 6.81. The number of hydrogen-bond donors (Lipinski definition) is 2. The lowest BCUT2D eigenvalue weighted by atomic mass is 9.97. The summed E-state index contributed by atoms with van der Waals surface area (Å²) in [6.45, 7) is 4.23. The monoisotopic (exact) mass is 372 g/mol. The second-order valence-electron chi connectivity index (χ2n) is 6.87. The highest BCUT2D eigenvalue weighted by molar-refractivity contribution is 6.05. The molecule has 0 unspecified atom stereocenters. The number of carbonyl (C=O) groups is 2. The molecule has 28 heavy (non-hydrogen) atoms. The molecule has 6 heteroatoms. The van der Waals surface area contributed by atoms with Crippen molar-refractivity contribution in [2.45, 2.75) is 6.54 Å². The number of fused-ring (bicyclic) bond motifs is 3. The predicted molar refractivity (Wildman–Crippen MR) is 110 cm³/mol. The van der Waals surface area contributed by atoms with E-state index < -0.39 is 5.91 Å². The van der Waals surface area contributed by atoms with Gasteiger partial charge in [-0.15, -0.1) is 0 Å². The van der Waals surface area contributed by atoms with Crippen LogP contribution >= 0.6 is 0 Å². The van der Waals surface area contributed by atoms with Crippen molar-refractivity contribution < 1.29 is 9.59 Å². The molecule has 1 aliphatic rings. The Balaban J connectivity index is 1.76. The molecule has 140 valence electrons. The number of nitrogens with one attached hydrogen (secondary N) is 1. The standard InChI is InChI=1S/C22H20N4O2/c1-13(21(23)27)11-26-12-20-18(22(26)28)6-5-14-3-4-15(8-19(14)20)16-7-17(24-2)10-25-9-16/h3-10,24H,1,11-12H2,2H3,(H2,23,27). The lowest BCUT2D eigenvalue weighted by molar-refractivity contribution is -0.114. The molecule has 1 aromatic heterocycles. The average Bonchev–Trinajstić information content (AvgIpc) is 3.03. The summed E-state index contributed by atoms with van der Waals surface area (Å²) in [5, 5.41) is 5.17. The second-order valence-corrected chi connectivity index (χ2v) is 6.87. The van der Waals surface area contributed by atoms with Crippen molar-refractivity contribution in [2.75, 3.05) is 18.9 Å². The number of carbonyl (C=O) groups excluding carboxylic acids is 2. The Hall–Kier alpha value is -3.67. The Morgan fingerprint density at radius 2 is 2.00 bits per heavy atom. The van der Waals surface area contributed by atoms with Gasteiger partial charge in [-0.2, -0.15) is 0 Å². The van der Waals surface area contributed by atoms with Crippen LogP contribution in [0.15, 0.2) is 60.9 Å². The third-order valence-electron chi connectivity index (χ3n) is 5.09. The van der Waals surface area contributed by atoms with Crippen molar-refractivity contribution in [3.05, 3.63) is 72.1 Å². The number of primary amides is 1. The van der Waals surface area contributed by atoms with Crippen LogP contribution in [0.5, 0.6) is 0 Å². The van der Waals surface area contributed by atoms with Gasteiger partial charge in [0.05, 0.1) is 12.2 Å². The third kappa shape index (κ3) is 2.99. The maximum Gasteiger partial charge on any atom is 0.254 e. The molecule has 0 spiro atoms. The topological polar surface area (TPSA) is 88.3 Å². The normalized spacial score (nSPS) is 12.9. The van der Waals surface area contributed by atoms with Crippen molar-refractivity contribution in [2.24, 2.45) is 5.73 Å². The molecular formula is C22H20N4O2. The Kier molecular flexibility index (Phi) is 4.31. The van der Waals surface area contributed by atoms with E-state index in [4.69, 9.17) is 5.73 Å². The zero-order valence-corrected chi connectivity index (χ0v) is 15.5. The summed E-state index contributed by atoms with van der Waals surface area (Å²) < 4.78 is 0. The summed E-state index contributed by atoms with van der Waals surface area (Å²) in [4.78, 5) is 29.9. The number of nitrogens with two attached hydrogens (primary N) is 1. The van der Waals surface area contributed by atoms with Gasteiger partial charge in [-0.3, -0.25) is 14.6 Å². The van der Waals surface area contributed by atoms with E-state index in [9.17, 15) is 9.59 Å². The van der Waals surface area contributed by atoms with E-state index in [2.05, 4.69) is 29.0 Å². The van der Waals surface area contributed by atoms with Gasteiger partial charge in [0.25, 0.3) is 5.91 Å². The van der Waals surface area contributed by atoms with Crippen LogP contribution in [-0.2, 0) is 11.3 Å². The molecule has 3 N–H and O–H groups in total. The van der Waals surface area contributed by atoms with Crippen molar-refractivity contribution in [1.29, 1.82) is 0 Å². The Morgan fingerprint density at radius 3 is 2.75 bits per heavy atom. The van der Waals surface area contributed by atoms with Crippen LogP contribution in [0.1, 0.15) is 15.9 Å². The van der Waals surface area contributed by atoms with Crippen molar-refractivity contribution in [3.63, 3.8) is 0 Å². The highest BCUT2D eigenvalue weighted by atomic mass is 16.2. The fourth-order valence-corrected chi connectivity index (χ4v) is 3.54. The summed E-state index contributed by atoms with van der Waals surface area (Å²) in [6.07, 6.45) is 3.59. The number of anilines is 1. The number of pyridine rings is 1. The van der Waals surface area contributed by atoms with Crippen LogP contribution in [0.25, 0.3) is 21.9 Å². The lowest BCUT2D eigenvalue weighted by Gasteiger charge is -2.15. The van der Waals surface area contributed by atoms with Crippen molar-refractivity contribution >= 4 is 28.3 Å². The first-order chi connectivity index (χ1) is 13.5. The molecule has 3 aromatic rings. The predicted octanol–water partition coefficient (Wildman–Crippen LogP) is 2.94. The molecule has 0 bridgehead atoms. The van der Waals surface area contributed by atoms with Crippen molar-refractivity contribution in [1.82, 2.24) is 9.88 Å². The van der Waals surface area contributed by atoms with E-state index in [-0.39, 0.29) is 18.0 Å². The molecule has 0 saturated heterocycles. The minimum atomic E-state index is -0.590. The molecule has 4 rings (SSSR count). The number of benzene rings is 2. The van der Waals surface area contributed by atoms with Gasteiger partial charge < -0.3 is 16.0 Å².